The third-order valence-corrected chi connectivity index (χ3v) is 4.18. The SMILES string of the molecule is Cc1ccc(Br)c(C)c1C1CCCCN1. The lowest BCUT2D eigenvalue weighted by Crippen LogP contribution is -2.28. The van der Waals surface area contributed by atoms with Crippen LogP contribution in [0.25, 0.3) is 0 Å². The van der Waals surface area contributed by atoms with Gasteiger partial charge in [0.25, 0.3) is 0 Å². The fourth-order valence-corrected chi connectivity index (χ4v) is 2.82. The maximum Gasteiger partial charge on any atom is 0.0325 e. The molecule has 1 heterocycles. The summed E-state index contributed by atoms with van der Waals surface area (Å²) in [5.41, 5.74) is 4.31. The van der Waals surface area contributed by atoms with Gasteiger partial charge in [0.05, 0.1) is 0 Å². The van der Waals surface area contributed by atoms with E-state index in [9.17, 15) is 0 Å². The smallest absolute Gasteiger partial charge is 0.0325 e. The zero-order chi connectivity index (χ0) is 10.8. The van der Waals surface area contributed by atoms with Gasteiger partial charge in [-0.05, 0) is 56.0 Å². The molecule has 0 spiro atoms. The second-order valence-electron chi connectivity index (χ2n) is 4.41. The summed E-state index contributed by atoms with van der Waals surface area (Å²) in [6.07, 6.45) is 3.95. The van der Waals surface area contributed by atoms with Gasteiger partial charge in [-0.2, -0.15) is 0 Å². The molecular weight excluding hydrogens is 250 g/mol. The van der Waals surface area contributed by atoms with Crippen LogP contribution in [0.2, 0.25) is 0 Å². The normalized spacial score (nSPS) is 21.7. The molecule has 1 aromatic carbocycles. The number of piperidine rings is 1. The van der Waals surface area contributed by atoms with Gasteiger partial charge in [0.1, 0.15) is 0 Å². The van der Waals surface area contributed by atoms with Crippen molar-refractivity contribution in [2.75, 3.05) is 6.54 Å². The first-order chi connectivity index (χ1) is 7.20. The molecule has 0 aliphatic carbocycles. The molecule has 82 valence electrons. The standard InChI is InChI=1S/C13H18BrN/c1-9-6-7-11(14)10(2)13(9)12-5-3-4-8-15-12/h6-7,12,15H,3-5,8H2,1-2H3. The molecule has 2 heteroatoms. The predicted octanol–water partition coefficient (Wildman–Crippen LogP) is 3.88. The fraction of sp³-hybridized carbons (Fsp3) is 0.538. The van der Waals surface area contributed by atoms with E-state index < -0.39 is 0 Å². The Morgan fingerprint density at radius 1 is 1.27 bits per heavy atom. The minimum absolute atomic E-state index is 0.566. The maximum atomic E-state index is 3.62. The van der Waals surface area contributed by atoms with E-state index in [1.807, 2.05) is 0 Å². The quantitative estimate of drug-likeness (QED) is 0.815. The summed E-state index contributed by atoms with van der Waals surface area (Å²) in [4.78, 5) is 0. The van der Waals surface area contributed by atoms with Crippen LogP contribution in [0.4, 0.5) is 0 Å². The summed E-state index contributed by atoms with van der Waals surface area (Å²) in [5.74, 6) is 0. The van der Waals surface area contributed by atoms with Crippen LogP contribution < -0.4 is 5.32 Å². The van der Waals surface area contributed by atoms with E-state index in [-0.39, 0.29) is 0 Å². The highest BCUT2D eigenvalue weighted by Crippen LogP contribution is 2.31. The Bertz CT molecular complexity index is 354. The number of nitrogens with one attached hydrogen (secondary N) is 1. The van der Waals surface area contributed by atoms with Crippen LogP contribution in [0, 0.1) is 13.8 Å². The van der Waals surface area contributed by atoms with Crippen molar-refractivity contribution in [3.8, 4) is 0 Å². The number of halogens is 1. The van der Waals surface area contributed by atoms with Gasteiger partial charge < -0.3 is 5.32 Å². The topological polar surface area (TPSA) is 12.0 Å². The zero-order valence-electron chi connectivity index (χ0n) is 9.44. The minimum atomic E-state index is 0.566. The summed E-state index contributed by atoms with van der Waals surface area (Å²) in [6, 6.07) is 4.93. The molecule has 1 aliphatic rings. The van der Waals surface area contributed by atoms with Crippen LogP contribution in [-0.2, 0) is 0 Å². The summed E-state index contributed by atoms with van der Waals surface area (Å²) in [6.45, 7) is 5.59. The van der Waals surface area contributed by atoms with E-state index in [1.165, 1.54) is 40.4 Å². The fourth-order valence-electron chi connectivity index (χ4n) is 2.47. The Morgan fingerprint density at radius 3 is 2.73 bits per heavy atom. The number of aryl methyl sites for hydroxylation is 1. The lowest BCUT2D eigenvalue weighted by Gasteiger charge is -2.27. The molecule has 1 atom stereocenters. The Hall–Kier alpha value is -0.340. The van der Waals surface area contributed by atoms with Gasteiger partial charge >= 0.3 is 0 Å². The van der Waals surface area contributed by atoms with Crippen LogP contribution in [0.5, 0.6) is 0 Å². The van der Waals surface area contributed by atoms with Gasteiger partial charge in [-0.25, -0.2) is 0 Å². The van der Waals surface area contributed by atoms with E-state index in [1.54, 1.807) is 0 Å². The number of rotatable bonds is 1. The van der Waals surface area contributed by atoms with Crippen molar-refractivity contribution in [3.63, 3.8) is 0 Å². The van der Waals surface area contributed by atoms with E-state index in [0.717, 1.165) is 6.54 Å². The Labute approximate surface area is 100 Å². The molecule has 0 saturated carbocycles. The van der Waals surface area contributed by atoms with Crippen LogP contribution in [-0.4, -0.2) is 6.54 Å². The first kappa shape index (κ1) is 11.2. The van der Waals surface area contributed by atoms with E-state index in [4.69, 9.17) is 0 Å². The molecule has 1 aromatic rings. The summed E-state index contributed by atoms with van der Waals surface area (Å²) >= 11 is 3.62. The van der Waals surface area contributed by atoms with Gasteiger partial charge in [0.15, 0.2) is 0 Å². The molecule has 2 rings (SSSR count). The molecule has 0 radical (unpaired) electrons. The first-order valence-electron chi connectivity index (χ1n) is 5.69. The highest BCUT2D eigenvalue weighted by Gasteiger charge is 2.19. The van der Waals surface area contributed by atoms with Crippen molar-refractivity contribution in [2.24, 2.45) is 0 Å². The summed E-state index contributed by atoms with van der Waals surface area (Å²) in [7, 11) is 0. The van der Waals surface area contributed by atoms with Crippen molar-refractivity contribution in [1.82, 2.24) is 5.32 Å². The molecule has 0 aromatic heterocycles. The predicted molar refractivity (Wildman–Crippen MR) is 68.2 cm³/mol. The molecule has 15 heavy (non-hydrogen) atoms. The summed E-state index contributed by atoms with van der Waals surface area (Å²) < 4.78 is 1.23. The van der Waals surface area contributed by atoms with Crippen molar-refractivity contribution in [1.29, 1.82) is 0 Å². The molecule has 1 saturated heterocycles. The Morgan fingerprint density at radius 2 is 2.07 bits per heavy atom. The lowest BCUT2D eigenvalue weighted by atomic mass is 9.91. The summed E-state index contributed by atoms with van der Waals surface area (Å²) in [5, 5.41) is 3.62. The lowest BCUT2D eigenvalue weighted by molar-refractivity contribution is 0.410. The van der Waals surface area contributed by atoms with Crippen molar-refractivity contribution in [3.05, 3.63) is 33.3 Å². The third-order valence-electron chi connectivity index (χ3n) is 3.33. The Balaban J connectivity index is 2.36. The highest BCUT2D eigenvalue weighted by atomic mass is 79.9. The zero-order valence-corrected chi connectivity index (χ0v) is 11.0. The van der Waals surface area contributed by atoms with E-state index in [0.29, 0.717) is 6.04 Å². The molecule has 1 nitrogen and oxygen atoms in total. The Kier molecular flexibility index (Phi) is 3.47. The first-order valence-corrected chi connectivity index (χ1v) is 6.48. The minimum Gasteiger partial charge on any atom is -0.310 e. The monoisotopic (exact) mass is 267 g/mol. The van der Waals surface area contributed by atoms with Gasteiger partial charge in [0, 0.05) is 10.5 Å². The van der Waals surface area contributed by atoms with Crippen LogP contribution >= 0.6 is 15.9 Å². The van der Waals surface area contributed by atoms with E-state index >= 15 is 0 Å². The van der Waals surface area contributed by atoms with E-state index in [2.05, 4.69) is 47.2 Å². The van der Waals surface area contributed by atoms with Gasteiger partial charge in [-0.3, -0.25) is 0 Å². The van der Waals surface area contributed by atoms with Crippen LogP contribution in [0.15, 0.2) is 16.6 Å². The van der Waals surface area contributed by atoms with Crippen LogP contribution in [0.3, 0.4) is 0 Å². The number of hydrogen-bond acceptors (Lipinski definition) is 1. The van der Waals surface area contributed by atoms with Crippen molar-refractivity contribution in [2.45, 2.75) is 39.2 Å². The molecule has 1 unspecified atom stereocenters. The number of hydrogen-bond donors (Lipinski definition) is 1. The van der Waals surface area contributed by atoms with Gasteiger partial charge in [0.2, 0.25) is 0 Å². The van der Waals surface area contributed by atoms with Crippen molar-refractivity contribution < 1.29 is 0 Å². The molecule has 1 fully saturated rings. The molecular formula is C13H18BrN. The van der Waals surface area contributed by atoms with Crippen molar-refractivity contribution >= 4 is 15.9 Å². The molecule has 0 bridgehead atoms. The molecule has 1 aliphatic heterocycles. The largest absolute Gasteiger partial charge is 0.310 e. The molecule has 1 N–H and O–H groups in total. The number of benzene rings is 1. The second kappa shape index (κ2) is 4.67. The maximum absolute atomic E-state index is 3.62. The van der Waals surface area contributed by atoms with Crippen LogP contribution in [0.1, 0.15) is 42.0 Å². The third kappa shape index (κ3) is 2.26. The highest BCUT2D eigenvalue weighted by molar-refractivity contribution is 9.10. The van der Waals surface area contributed by atoms with Gasteiger partial charge in [-0.15, -0.1) is 0 Å². The molecule has 0 amide bonds. The average molecular weight is 268 g/mol. The van der Waals surface area contributed by atoms with Gasteiger partial charge in [-0.1, -0.05) is 28.4 Å². The average Bonchev–Trinajstić information content (AvgIpc) is 2.26. The second-order valence-corrected chi connectivity index (χ2v) is 5.26.